The van der Waals surface area contributed by atoms with E-state index in [0.29, 0.717) is 17.9 Å². The van der Waals surface area contributed by atoms with Crippen molar-refractivity contribution < 1.29 is 14.3 Å². The molecule has 0 fully saturated rings. The molecule has 2 aromatic rings. The van der Waals surface area contributed by atoms with Crippen LogP contribution in [0.4, 0.5) is 0 Å². The Balaban J connectivity index is 2.17. The number of hydrogen-bond donors (Lipinski definition) is 1. The van der Waals surface area contributed by atoms with E-state index in [1.165, 1.54) is 11.0 Å². The van der Waals surface area contributed by atoms with E-state index in [1.807, 2.05) is 0 Å². The lowest BCUT2D eigenvalue weighted by Gasteiger charge is -2.16. The van der Waals surface area contributed by atoms with Crippen LogP contribution in [-0.4, -0.2) is 23.0 Å². The number of aromatic hydroxyl groups is 1. The zero-order chi connectivity index (χ0) is 13.1. The summed E-state index contributed by atoms with van der Waals surface area (Å²) in [5.74, 6) is 0.463. The number of nitrogens with zero attached hydrogens (tertiary/aromatic N) is 1. The number of phenols is 1. The number of benzene rings is 1. The molecule has 4 nitrogen and oxygen atoms in total. The van der Waals surface area contributed by atoms with Crippen LogP contribution in [0.3, 0.4) is 0 Å². The van der Waals surface area contributed by atoms with Crippen LogP contribution >= 0.6 is 22.6 Å². The van der Waals surface area contributed by atoms with Gasteiger partial charge in [-0.2, -0.15) is 0 Å². The smallest absolute Gasteiger partial charge is 0.257 e. The van der Waals surface area contributed by atoms with Gasteiger partial charge in [-0.05, 0) is 52.9 Å². The van der Waals surface area contributed by atoms with Gasteiger partial charge in [-0.25, -0.2) is 0 Å². The highest BCUT2D eigenvalue weighted by Gasteiger charge is 2.17. The Morgan fingerprint density at radius 2 is 2.22 bits per heavy atom. The molecule has 0 aliphatic heterocycles. The maximum absolute atomic E-state index is 12.2. The SMILES string of the molecule is CN(Cc1ccco1)C(=O)c1cc(I)ccc1O. The van der Waals surface area contributed by atoms with Crippen LogP contribution in [-0.2, 0) is 6.54 Å². The van der Waals surface area contributed by atoms with Crippen LogP contribution in [0.15, 0.2) is 41.0 Å². The fraction of sp³-hybridized carbons (Fsp3) is 0.154. The third-order valence-electron chi connectivity index (χ3n) is 2.51. The monoisotopic (exact) mass is 357 g/mol. The molecule has 1 aromatic heterocycles. The van der Waals surface area contributed by atoms with Gasteiger partial charge in [-0.1, -0.05) is 0 Å². The minimum atomic E-state index is -0.234. The molecule has 1 N–H and O–H groups in total. The molecule has 0 saturated heterocycles. The van der Waals surface area contributed by atoms with Gasteiger partial charge in [0.2, 0.25) is 0 Å². The molecule has 1 amide bonds. The third-order valence-corrected chi connectivity index (χ3v) is 3.18. The zero-order valence-electron chi connectivity index (χ0n) is 9.76. The second kappa shape index (κ2) is 5.43. The lowest BCUT2D eigenvalue weighted by atomic mass is 10.2. The van der Waals surface area contributed by atoms with Crippen molar-refractivity contribution in [2.75, 3.05) is 7.05 Å². The first-order valence-corrected chi connectivity index (χ1v) is 6.42. The summed E-state index contributed by atoms with van der Waals surface area (Å²) in [7, 11) is 1.67. The highest BCUT2D eigenvalue weighted by atomic mass is 127. The van der Waals surface area contributed by atoms with Crippen LogP contribution < -0.4 is 0 Å². The fourth-order valence-electron chi connectivity index (χ4n) is 1.59. The number of rotatable bonds is 3. The molecule has 1 aromatic carbocycles. The number of carbonyl (C=O) groups is 1. The fourth-order valence-corrected chi connectivity index (χ4v) is 2.08. The van der Waals surface area contributed by atoms with Crippen LogP contribution in [0.5, 0.6) is 5.75 Å². The van der Waals surface area contributed by atoms with E-state index in [0.717, 1.165) is 3.57 Å². The Morgan fingerprint density at radius 3 is 2.89 bits per heavy atom. The van der Waals surface area contributed by atoms with Crippen LogP contribution in [0.2, 0.25) is 0 Å². The normalized spacial score (nSPS) is 10.3. The van der Waals surface area contributed by atoms with Gasteiger partial charge in [0.05, 0.1) is 18.4 Å². The van der Waals surface area contributed by atoms with Gasteiger partial charge in [0.25, 0.3) is 5.91 Å². The summed E-state index contributed by atoms with van der Waals surface area (Å²) < 4.78 is 6.09. The molecule has 18 heavy (non-hydrogen) atoms. The Hall–Kier alpha value is -1.50. The molecular formula is C13H12INO3. The van der Waals surface area contributed by atoms with E-state index in [2.05, 4.69) is 22.6 Å². The first kappa shape index (κ1) is 12.9. The standard InChI is InChI=1S/C13H12INO3/c1-15(8-10-3-2-6-18-10)13(17)11-7-9(14)4-5-12(11)16/h2-7,16H,8H2,1H3. The highest BCUT2D eigenvalue weighted by molar-refractivity contribution is 14.1. The van der Waals surface area contributed by atoms with Gasteiger partial charge in [0.1, 0.15) is 11.5 Å². The van der Waals surface area contributed by atoms with Crippen molar-refractivity contribution in [2.45, 2.75) is 6.54 Å². The summed E-state index contributed by atoms with van der Waals surface area (Å²) in [5.41, 5.74) is 0.302. The van der Waals surface area contributed by atoms with Crippen LogP contribution in [0.25, 0.3) is 0 Å². The van der Waals surface area contributed by atoms with E-state index in [4.69, 9.17) is 4.42 Å². The van der Waals surface area contributed by atoms with Gasteiger partial charge in [0.15, 0.2) is 0 Å². The van der Waals surface area contributed by atoms with Crippen molar-refractivity contribution in [3.8, 4) is 5.75 Å². The van der Waals surface area contributed by atoms with Crippen LogP contribution in [0, 0.1) is 3.57 Å². The predicted molar refractivity (Wildman–Crippen MR) is 75.3 cm³/mol. The Kier molecular flexibility index (Phi) is 3.90. The summed E-state index contributed by atoms with van der Waals surface area (Å²) in [6.07, 6.45) is 1.57. The lowest BCUT2D eigenvalue weighted by molar-refractivity contribution is 0.0772. The molecule has 0 radical (unpaired) electrons. The molecule has 0 unspecified atom stereocenters. The average molecular weight is 357 g/mol. The molecule has 2 rings (SSSR count). The number of furan rings is 1. The molecule has 0 aliphatic carbocycles. The largest absolute Gasteiger partial charge is 0.507 e. The van der Waals surface area contributed by atoms with Gasteiger partial charge >= 0.3 is 0 Å². The first-order valence-electron chi connectivity index (χ1n) is 5.34. The van der Waals surface area contributed by atoms with Crippen molar-refractivity contribution in [2.24, 2.45) is 0 Å². The summed E-state index contributed by atoms with van der Waals surface area (Å²) in [5, 5.41) is 9.71. The van der Waals surface area contributed by atoms with Crippen LogP contribution in [0.1, 0.15) is 16.1 Å². The summed E-state index contributed by atoms with van der Waals surface area (Å²) >= 11 is 2.10. The van der Waals surface area contributed by atoms with Crippen molar-refractivity contribution in [1.82, 2.24) is 4.90 Å². The molecule has 1 heterocycles. The van der Waals surface area contributed by atoms with E-state index >= 15 is 0 Å². The topological polar surface area (TPSA) is 53.7 Å². The number of phenolic OH excluding ortho intramolecular Hbond substituents is 1. The summed E-state index contributed by atoms with van der Waals surface area (Å²) in [6.45, 7) is 0.372. The van der Waals surface area contributed by atoms with Gasteiger partial charge in [-0.3, -0.25) is 4.79 Å². The third kappa shape index (κ3) is 2.84. The van der Waals surface area contributed by atoms with Gasteiger partial charge < -0.3 is 14.4 Å². The number of hydrogen-bond acceptors (Lipinski definition) is 3. The molecule has 0 spiro atoms. The predicted octanol–water partition coefficient (Wildman–Crippen LogP) is 2.86. The van der Waals surface area contributed by atoms with Crippen molar-refractivity contribution >= 4 is 28.5 Å². The zero-order valence-corrected chi connectivity index (χ0v) is 11.9. The molecule has 0 aliphatic rings. The molecule has 5 heteroatoms. The van der Waals surface area contributed by atoms with Gasteiger partial charge in [0, 0.05) is 10.6 Å². The molecule has 0 bridgehead atoms. The molecule has 94 valence electrons. The van der Waals surface area contributed by atoms with E-state index in [1.54, 1.807) is 37.6 Å². The second-order valence-electron chi connectivity index (χ2n) is 3.90. The second-order valence-corrected chi connectivity index (χ2v) is 5.15. The average Bonchev–Trinajstić information content (AvgIpc) is 2.84. The number of carbonyl (C=O) groups excluding carboxylic acids is 1. The van der Waals surface area contributed by atoms with E-state index in [-0.39, 0.29) is 11.7 Å². The minimum Gasteiger partial charge on any atom is -0.507 e. The van der Waals surface area contributed by atoms with Crippen molar-refractivity contribution in [3.05, 3.63) is 51.5 Å². The van der Waals surface area contributed by atoms with Gasteiger partial charge in [-0.15, -0.1) is 0 Å². The first-order chi connectivity index (χ1) is 8.58. The Labute approximate surface area is 118 Å². The van der Waals surface area contributed by atoms with E-state index < -0.39 is 0 Å². The van der Waals surface area contributed by atoms with Crippen molar-refractivity contribution in [3.63, 3.8) is 0 Å². The molecule has 0 atom stereocenters. The molecular weight excluding hydrogens is 345 g/mol. The Bertz CT molecular complexity index is 551. The van der Waals surface area contributed by atoms with Crippen molar-refractivity contribution in [1.29, 1.82) is 0 Å². The lowest BCUT2D eigenvalue weighted by Crippen LogP contribution is -2.26. The van der Waals surface area contributed by atoms with E-state index in [9.17, 15) is 9.90 Å². The molecule has 0 saturated carbocycles. The minimum absolute atomic E-state index is 0.00768. The number of amides is 1. The Morgan fingerprint density at radius 1 is 1.44 bits per heavy atom. The number of halogens is 1. The maximum atomic E-state index is 12.2. The maximum Gasteiger partial charge on any atom is 0.257 e. The summed E-state index contributed by atoms with van der Waals surface area (Å²) in [6, 6.07) is 8.51. The summed E-state index contributed by atoms with van der Waals surface area (Å²) in [4.78, 5) is 13.7. The quantitative estimate of drug-likeness (QED) is 0.860. The highest BCUT2D eigenvalue weighted by Crippen LogP contribution is 2.21.